The molecule has 6 nitrogen and oxygen atoms in total. The maximum atomic E-state index is 13.2. The topological polar surface area (TPSA) is 59.1 Å². The van der Waals surface area contributed by atoms with Gasteiger partial charge in [0.05, 0.1) is 34.9 Å². The average molecular weight is 421 g/mol. The number of amides is 2. The Morgan fingerprint density at radius 1 is 1.00 bits per heavy atom. The lowest BCUT2D eigenvalue weighted by Crippen LogP contribution is -2.62. The molecule has 0 bridgehead atoms. The molecule has 1 saturated carbocycles. The summed E-state index contributed by atoms with van der Waals surface area (Å²) in [7, 11) is 0. The van der Waals surface area contributed by atoms with Gasteiger partial charge in [0.1, 0.15) is 5.60 Å². The minimum atomic E-state index is -0.510. The number of halogens is 1. The van der Waals surface area contributed by atoms with Crippen molar-refractivity contribution in [1.29, 1.82) is 0 Å². The highest BCUT2D eigenvalue weighted by Crippen LogP contribution is 2.49. The molecule has 1 aliphatic carbocycles. The molecule has 2 aliphatic heterocycles. The van der Waals surface area contributed by atoms with Crippen LogP contribution in [0.4, 0.5) is 4.79 Å². The molecule has 158 valence electrons. The van der Waals surface area contributed by atoms with Gasteiger partial charge in [-0.15, -0.1) is 0 Å². The molecule has 7 heteroatoms. The predicted octanol–water partition coefficient (Wildman–Crippen LogP) is 4.11. The van der Waals surface area contributed by atoms with Crippen LogP contribution in [0.2, 0.25) is 5.02 Å². The van der Waals surface area contributed by atoms with E-state index >= 15 is 0 Å². The molecular weight excluding hydrogens is 392 g/mol. The second kappa shape index (κ2) is 7.17. The van der Waals surface area contributed by atoms with Gasteiger partial charge in [0, 0.05) is 13.1 Å². The zero-order valence-electron chi connectivity index (χ0n) is 17.4. The zero-order valence-corrected chi connectivity index (χ0v) is 18.1. The van der Waals surface area contributed by atoms with Crippen molar-refractivity contribution in [2.75, 3.05) is 26.2 Å². The van der Waals surface area contributed by atoms with Crippen molar-refractivity contribution in [2.45, 2.75) is 63.3 Å². The molecular formula is C22H29ClN2O4. The fraction of sp³-hybridized carbons (Fsp3) is 0.636. The summed E-state index contributed by atoms with van der Waals surface area (Å²) in [6.45, 7) is 7.88. The Hall–Kier alpha value is -1.79. The van der Waals surface area contributed by atoms with Crippen molar-refractivity contribution in [3.8, 4) is 0 Å². The second-order valence-corrected chi connectivity index (χ2v) is 9.98. The Morgan fingerprint density at radius 2 is 1.59 bits per heavy atom. The van der Waals surface area contributed by atoms with Crippen LogP contribution in [-0.2, 0) is 9.47 Å². The van der Waals surface area contributed by atoms with Crippen molar-refractivity contribution >= 4 is 23.6 Å². The summed E-state index contributed by atoms with van der Waals surface area (Å²) in [6.07, 6.45) is 3.04. The Kier molecular flexibility index (Phi) is 5.06. The number of hydrogen-bond acceptors (Lipinski definition) is 4. The van der Waals surface area contributed by atoms with Crippen molar-refractivity contribution in [3.63, 3.8) is 0 Å². The van der Waals surface area contributed by atoms with Crippen LogP contribution in [0.25, 0.3) is 0 Å². The highest BCUT2D eigenvalue weighted by Gasteiger charge is 2.57. The van der Waals surface area contributed by atoms with Gasteiger partial charge in [-0.3, -0.25) is 4.79 Å². The van der Waals surface area contributed by atoms with Gasteiger partial charge >= 0.3 is 6.09 Å². The van der Waals surface area contributed by atoms with Crippen molar-refractivity contribution in [3.05, 3.63) is 34.9 Å². The molecule has 0 N–H and O–H groups in total. The minimum Gasteiger partial charge on any atom is -0.444 e. The molecule has 0 aromatic heterocycles. The van der Waals surface area contributed by atoms with Gasteiger partial charge in [0.25, 0.3) is 5.91 Å². The van der Waals surface area contributed by atoms with E-state index in [1.165, 1.54) is 0 Å². The van der Waals surface area contributed by atoms with E-state index in [1.54, 1.807) is 17.0 Å². The van der Waals surface area contributed by atoms with E-state index in [0.717, 1.165) is 12.8 Å². The number of morpholine rings is 1. The Bertz CT molecular complexity index is 807. The van der Waals surface area contributed by atoms with Crippen LogP contribution in [0.5, 0.6) is 0 Å². The largest absolute Gasteiger partial charge is 0.444 e. The Labute approximate surface area is 177 Å². The molecule has 3 fully saturated rings. The smallest absolute Gasteiger partial charge is 0.410 e. The first kappa shape index (κ1) is 20.5. The molecule has 1 aromatic rings. The van der Waals surface area contributed by atoms with Gasteiger partial charge in [0.15, 0.2) is 0 Å². The molecule has 3 aliphatic rings. The number of carbonyl (C=O) groups is 2. The van der Waals surface area contributed by atoms with Crippen molar-refractivity contribution < 1.29 is 19.1 Å². The molecule has 2 spiro atoms. The fourth-order valence-corrected chi connectivity index (χ4v) is 4.52. The first-order chi connectivity index (χ1) is 13.6. The normalized spacial score (nSPS) is 22.6. The zero-order chi connectivity index (χ0) is 20.9. The maximum Gasteiger partial charge on any atom is 0.410 e. The molecule has 0 unspecified atom stereocenters. The molecule has 2 heterocycles. The van der Waals surface area contributed by atoms with Crippen LogP contribution in [0, 0.1) is 0 Å². The molecule has 2 saturated heterocycles. The summed E-state index contributed by atoms with van der Waals surface area (Å²) in [5.41, 5.74) is -0.620. The number of piperidine rings is 1. The van der Waals surface area contributed by atoms with E-state index in [2.05, 4.69) is 0 Å². The first-order valence-electron chi connectivity index (χ1n) is 10.3. The highest BCUT2D eigenvalue weighted by atomic mass is 35.5. The van der Waals surface area contributed by atoms with E-state index in [4.69, 9.17) is 21.1 Å². The standard InChI is InChI=1S/C22H29ClN2O4/c1-20(2,3)28-19(27)24-12-10-22(11-13-24)15-25(14-21(29-22)8-9-21)18(26)16-6-4-5-7-17(16)23/h4-7H,8-15H2,1-3H3. The van der Waals surface area contributed by atoms with E-state index in [9.17, 15) is 9.59 Å². The van der Waals surface area contributed by atoms with Crippen LogP contribution in [-0.4, -0.2) is 64.8 Å². The van der Waals surface area contributed by atoms with E-state index in [-0.39, 0.29) is 17.6 Å². The third-order valence-corrected chi connectivity index (χ3v) is 6.25. The molecule has 1 aromatic carbocycles. The second-order valence-electron chi connectivity index (χ2n) is 9.58. The molecule has 4 rings (SSSR count). The van der Waals surface area contributed by atoms with Crippen molar-refractivity contribution in [1.82, 2.24) is 9.80 Å². The van der Waals surface area contributed by atoms with Crippen LogP contribution < -0.4 is 0 Å². The van der Waals surface area contributed by atoms with Gasteiger partial charge < -0.3 is 19.3 Å². The Balaban J connectivity index is 1.47. The number of nitrogens with zero attached hydrogens (tertiary/aromatic N) is 2. The number of benzene rings is 1. The van der Waals surface area contributed by atoms with Crippen LogP contribution in [0.1, 0.15) is 56.8 Å². The number of likely N-dealkylation sites (tertiary alicyclic amines) is 1. The van der Waals surface area contributed by atoms with Crippen LogP contribution in [0.15, 0.2) is 24.3 Å². The lowest BCUT2D eigenvalue weighted by Gasteiger charge is -2.50. The van der Waals surface area contributed by atoms with Gasteiger partial charge in [-0.1, -0.05) is 23.7 Å². The third-order valence-electron chi connectivity index (χ3n) is 5.92. The summed E-state index contributed by atoms with van der Waals surface area (Å²) in [6, 6.07) is 7.19. The molecule has 2 amide bonds. The monoisotopic (exact) mass is 420 g/mol. The van der Waals surface area contributed by atoms with Crippen LogP contribution in [0.3, 0.4) is 0 Å². The number of carbonyl (C=O) groups excluding carboxylic acids is 2. The lowest BCUT2D eigenvalue weighted by atomic mass is 9.88. The van der Waals surface area contributed by atoms with Crippen molar-refractivity contribution in [2.24, 2.45) is 0 Å². The van der Waals surface area contributed by atoms with Gasteiger partial charge in [-0.25, -0.2) is 4.79 Å². The SMILES string of the molecule is CC(C)(C)OC(=O)N1CCC2(CC1)CN(C(=O)c1ccccc1Cl)CC1(CC1)O2. The quantitative estimate of drug-likeness (QED) is 0.685. The Morgan fingerprint density at radius 3 is 2.14 bits per heavy atom. The van der Waals surface area contributed by atoms with Crippen LogP contribution >= 0.6 is 11.6 Å². The number of ether oxygens (including phenoxy) is 2. The summed E-state index contributed by atoms with van der Waals surface area (Å²) in [5.74, 6) is -0.0425. The minimum absolute atomic E-state index is 0.0425. The summed E-state index contributed by atoms with van der Waals surface area (Å²) < 4.78 is 12.1. The fourth-order valence-electron chi connectivity index (χ4n) is 4.31. The summed E-state index contributed by atoms with van der Waals surface area (Å²) >= 11 is 6.27. The maximum absolute atomic E-state index is 13.2. The first-order valence-corrected chi connectivity index (χ1v) is 10.7. The average Bonchev–Trinajstić information content (AvgIpc) is 3.38. The number of hydrogen-bond donors (Lipinski definition) is 0. The predicted molar refractivity (Wildman–Crippen MR) is 110 cm³/mol. The van der Waals surface area contributed by atoms with Gasteiger partial charge in [-0.2, -0.15) is 0 Å². The lowest BCUT2D eigenvalue weighted by molar-refractivity contribution is -0.178. The number of rotatable bonds is 1. The molecule has 0 radical (unpaired) electrons. The molecule has 29 heavy (non-hydrogen) atoms. The van der Waals surface area contributed by atoms with E-state index < -0.39 is 11.2 Å². The van der Waals surface area contributed by atoms with Gasteiger partial charge in [-0.05, 0) is 58.6 Å². The van der Waals surface area contributed by atoms with E-state index in [1.807, 2.05) is 37.8 Å². The summed E-state index contributed by atoms with van der Waals surface area (Å²) in [4.78, 5) is 29.2. The highest BCUT2D eigenvalue weighted by molar-refractivity contribution is 6.33. The molecule has 0 atom stereocenters. The van der Waals surface area contributed by atoms with E-state index in [0.29, 0.717) is 49.6 Å². The summed E-state index contributed by atoms with van der Waals surface area (Å²) in [5, 5.41) is 0.475. The van der Waals surface area contributed by atoms with Gasteiger partial charge in [0.2, 0.25) is 0 Å². The third kappa shape index (κ3) is 4.38.